The van der Waals surface area contributed by atoms with Gasteiger partial charge in [-0.3, -0.25) is 9.59 Å². The molecular formula is C25H29NO7. The Bertz CT molecular complexity index is 1030. The number of carbonyl (C=O) groups is 2. The molecule has 0 saturated carbocycles. The fourth-order valence-electron chi connectivity index (χ4n) is 3.79. The van der Waals surface area contributed by atoms with Crippen LogP contribution in [0.3, 0.4) is 0 Å². The van der Waals surface area contributed by atoms with Crippen molar-refractivity contribution < 1.29 is 33.6 Å². The average Bonchev–Trinajstić information content (AvgIpc) is 3.08. The Morgan fingerprint density at radius 2 is 1.64 bits per heavy atom. The third-order valence-corrected chi connectivity index (χ3v) is 5.32. The normalized spacial score (nSPS) is 17.3. The van der Waals surface area contributed by atoms with Gasteiger partial charge in [0.2, 0.25) is 0 Å². The van der Waals surface area contributed by atoms with Crippen molar-refractivity contribution in [1.29, 1.82) is 0 Å². The maximum atomic E-state index is 13.1. The highest BCUT2D eigenvalue weighted by atomic mass is 16.5. The lowest BCUT2D eigenvalue weighted by Gasteiger charge is -2.26. The molecule has 176 valence electrons. The number of aliphatic hydroxyl groups excluding tert-OH is 1. The van der Waals surface area contributed by atoms with E-state index in [9.17, 15) is 14.7 Å². The largest absolute Gasteiger partial charge is 0.507 e. The number of aliphatic hydroxyl groups is 1. The molecule has 1 atom stereocenters. The Morgan fingerprint density at radius 1 is 0.970 bits per heavy atom. The van der Waals surface area contributed by atoms with Gasteiger partial charge in [-0.2, -0.15) is 0 Å². The second-order valence-electron chi connectivity index (χ2n) is 7.29. The molecule has 8 nitrogen and oxygen atoms in total. The summed E-state index contributed by atoms with van der Waals surface area (Å²) in [7, 11) is 3.06. The van der Waals surface area contributed by atoms with Gasteiger partial charge in [0.25, 0.3) is 11.7 Å². The number of carbonyl (C=O) groups excluding carboxylic acids is 2. The van der Waals surface area contributed by atoms with Crippen molar-refractivity contribution in [3.63, 3.8) is 0 Å². The summed E-state index contributed by atoms with van der Waals surface area (Å²) in [5.41, 5.74) is 1.03. The third kappa shape index (κ3) is 4.96. The second-order valence-corrected chi connectivity index (χ2v) is 7.29. The standard InChI is InChI=1S/C25H29NO7/c1-5-32-19-12-9-17(15-20(19)33-6-2)22-21(24(28)25(29)26(22)13-14-30-3)23(27)16-7-10-18(31-4)11-8-16/h7-12,15,22,27H,5-6,13-14H2,1-4H3/b23-21+. The minimum Gasteiger partial charge on any atom is -0.507 e. The lowest BCUT2D eigenvalue weighted by atomic mass is 9.95. The van der Waals surface area contributed by atoms with Crippen LogP contribution in [0.1, 0.15) is 31.0 Å². The highest BCUT2D eigenvalue weighted by Crippen LogP contribution is 2.42. The van der Waals surface area contributed by atoms with Gasteiger partial charge in [0, 0.05) is 19.2 Å². The molecule has 1 unspecified atom stereocenters. The molecular weight excluding hydrogens is 426 g/mol. The van der Waals surface area contributed by atoms with Crippen molar-refractivity contribution in [2.24, 2.45) is 0 Å². The van der Waals surface area contributed by atoms with E-state index >= 15 is 0 Å². The van der Waals surface area contributed by atoms with E-state index in [0.29, 0.717) is 41.6 Å². The Morgan fingerprint density at radius 3 is 2.24 bits per heavy atom. The summed E-state index contributed by atoms with van der Waals surface area (Å²) in [4.78, 5) is 27.4. The van der Waals surface area contributed by atoms with Crippen LogP contribution in [0.5, 0.6) is 17.2 Å². The first-order valence-corrected chi connectivity index (χ1v) is 10.8. The van der Waals surface area contributed by atoms with Crippen LogP contribution in [0.25, 0.3) is 5.76 Å². The number of Topliss-reactive ketones (excluding diaryl/α,β-unsaturated/α-hetero) is 1. The van der Waals surface area contributed by atoms with Crippen LogP contribution in [0.2, 0.25) is 0 Å². The Balaban J connectivity index is 2.16. The molecule has 33 heavy (non-hydrogen) atoms. The fraction of sp³-hybridized carbons (Fsp3) is 0.360. The van der Waals surface area contributed by atoms with Gasteiger partial charge in [0.05, 0.1) is 38.5 Å². The van der Waals surface area contributed by atoms with E-state index < -0.39 is 17.7 Å². The third-order valence-electron chi connectivity index (χ3n) is 5.32. The first kappa shape index (κ1) is 24.1. The van der Waals surface area contributed by atoms with Crippen LogP contribution in [-0.4, -0.2) is 62.3 Å². The Labute approximate surface area is 193 Å². The number of nitrogens with zero attached hydrogens (tertiary/aromatic N) is 1. The number of amides is 1. The predicted molar refractivity (Wildman–Crippen MR) is 123 cm³/mol. The van der Waals surface area contributed by atoms with Gasteiger partial charge >= 0.3 is 0 Å². The van der Waals surface area contributed by atoms with Gasteiger partial charge < -0.3 is 29.0 Å². The summed E-state index contributed by atoms with van der Waals surface area (Å²) in [6.07, 6.45) is 0. The van der Waals surface area contributed by atoms with Gasteiger partial charge in [-0.1, -0.05) is 6.07 Å². The first-order valence-electron chi connectivity index (χ1n) is 10.8. The quantitative estimate of drug-likeness (QED) is 0.333. The number of ketones is 1. The summed E-state index contributed by atoms with van der Waals surface area (Å²) in [5.74, 6) is -0.0368. The number of likely N-dealkylation sites (tertiary alicyclic amines) is 1. The van der Waals surface area contributed by atoms with Crippen LogP contribution in [-0.2, 0) is 14.3 Å². The highest BCUT2D eigenvalue weighted by Gasteiger charge is 2.46. The van der Waals surface area contributed by atoms with Crippen LogP contribution >= 0.6 is 0 Å². The maximum Gasteiger partial charge on any atom is 0.295 e. The van der Waals surface area contributed by atoms with Crippen LogP contribution < -0.4 is 14.2 Å². The predicted octanol–water partition coefficient (Wildman–Crippen LogP) is 3.56. The molecule has 1 aliphatic heterocycles. The van der Waals surface area contributed by atoms with Crippen LogP contribution in [0.15, 0.2) is 48.0 Å². The SMILES string of the molecule is CCOc1ccc(C2/C(=C(\O)c3ccc(OC)cc3)C(=O)C(=O)N2CCOC)cc1OCC. The van der Waals surface area contributed by atoms with Crippen LogP contribution in [0.4, 0.5) is 0 Å². The summed E-state index contributed by atoms with van der Waals surface area (Å²) < 4.78 is 21.7. The van der Waals surface area contributed by atoms with E-state index in [1.165, 1.54) is 19.1 Å². The molecule has 0 aliphatic carbocycles. The maximum absolute atomic E-state index is 13.1. The topological polar surface area (TPSA) is 94.5 Å². The van der Waals surface area contributed by atoms with Gasteiger partial charge in [-0.15, -0.1) is 0 Å². The highest BCUT2D eigenvalue weighted by molar-refractivity contribution is 6.46. The average molecular weight is 456 g/mol. The number of ether oxygens (including phenoxy) is 4. The molecule has 0 spiro atoms. The fourth-order valence-corrected chi connectivity index (χ4v) is 3.79. The van der Waals surface area contributed by atoms with E-state index in [1.54, 1.807) is 42.5 Å². The molecule has 3 rings (SSSR count). The summed E-state index contributed by atoms with van der Waals surface area (Å²) in [6, 6.07) is 11.1. The van der Waals surface area contributed by atoms with E-state index in [-0.39, 0.29) is 24.5 Å². The summed E-state index contributed by atoms with van der Waals surface area (Å²) in [6.45, 7) is 5.03. The van der Waals surface area contributed by atoms with Crippen molar-refractivity contribution in [3.05, 3.63) is 59.2 Å². The zero-order chi connectivity index (χ0) is 24.0. The monoisotopic (exact) mass is 455 g/mol. The van der Waals surface area contributed by atoms with Gasteiger partial charge in [-0.05, 0) is 55.8 Å². The van der Waals surface area contributed by atoms with Gasteiger partial charge in [0.1, 0.15) is 11.5 Å². The number of benzene rings is 2. The Kier molecular flexibility index (Phi) is 7.95. The molecule has 1 amide bonds. The van der Waals surface area contributed by atoms with Crippen molar-refractivity contribution in [2.75, 3.05) is 40.6 Å². The summed E-state index contributed by atoms with van der Waals surface area (Å²) >= 11 is 0. The van der Waals surface area contributed by atoms with Crippen molar-refractivity contribution in [2.45, 2.75) is 19.9 Å². The molecule has 0 bridgehead atoms. The van der Waals surface area contributed by atoms with E-state index in [1.807, 2.05) is 13.8 Å². The molecule has 1 aliphatic rings. The molecule has 0 aromatic heterocycles. The minimum atomic E-state index is -0.808. The zero-order valence-electron chi connectivity index (χ0n) is 19.3. The van der Waals surface area contributed by atoms with Gasteiger partial charge in [0.15, 0.2) is 11.5 Å². The molecule has 8 heteroatoms. The lowest BCUT2D eigenvalue weighted by Crippen LogP contribution is -2.32. The number of methoxy groups -OCH3 is 2. The molecule has 1 saturated heterocycles. The van der Waals surface area contributed by atoms with E-state index in [0.717, 1.165) is 0 Å². The van der Waals surface area contributed by atoms with E-state index in [4.69, 9.17) is 18.9 Å². The number of hydrogen-bond donors (Lipinski definition) is 1. The molecule has 1 N–H and O–H groups in total. The molecule has 1 fully saturated rings. The minimum absolute atomic E-state index is 0.00729. The molecule has 2 aromatic rings. The molecule has 2 aromatic carbocycles. The summed E-state index contributed by atoms with van der Waals surface area (Å²) in [5, 5.41) is 11.1. The van der Waals surface area contributed by atoms with Crippen molar-refractivity contribution >= 4 is 17.4 Å². The Hall–Kier alpha value is -3.52. The number of rotatable bonds is 10. The molecule has 1 heterocycles. The smallest absolute Gasteiger partial charge is 0.295 e. The molecule has 0 radical (unpaired) electrons. The zero-order valence-corrected chi connectivity index (χ0v) is 19.3. The number of hydrogen-bond acceptors (Lipinski definition) is 7. The van der Waals surface area contributed by atoms with Gasteiger partial charge in [-0.25, -0.2) is 0 Å². The van der Waals surface area contributed by atoms with Crippen LogP contribution in [0, 0.1) is 0 Å². The van der Waals surface area contributed by atoms with Crippen molar-refractivity contribution in [1.82, 2.24) is 4.90 Å². The lowest BCUT2D eigenvalue weighted by molar-refractivity contribution is -0.140. The first-order chi connectivity index (χ1) is 16.0. The van der Waals surface area contributed by atoms with E-state index in [2.05, 4.69) is 0 Å². The van der Waals surface area contributed by atoms with Crippen molar-refractivity contribution in [3.8, 4) is 17.2 Å². The second kappa shape index (κ2) is 10.9.